The highest BCUT2D eigenvalue weighted by Gasteiger charge is 2.17. The summed E-state index contributed by atoms with van der Waals surface area (Å²) in [6.07, 6.45) is 5.04. The van der Waals surface area contributed by atoms with Crippen LogP contribution in [-0.2, 0) is 6.42 Å². The molecule has 114 valence electrons. The molecule has 0 radical (unpaired) electrons. The molecular formula is C18H27N3. The molecule has 2 heterocycles. The molecule has 1 aliphatic heterocycles. The van der Waals surface area contributed by atoms with Gasteiger partial charge in [0.15, 0.2) is 0 Å². The van der Waals surface area contributed by atoms with Gasteiger partial charge in [-0.3, -0.25) is 0 Å². The molecule has 1 aromatic carbocycles. The van der Waals surface area contributed by atoms with Crippen LogP contribution in [0.25, 0.3) is 11.0 Å². The maximum Gasteiger partial charge on any atom is 0.110 e. The lowest BCUT2D eigenvalue weighted by atomic mass is 9.94. The maximum atomic E-state index is 4.92. The standard InChI is InChI=1S/C18H27N3/c1-13(2)21-17-8-6-14(3)11-16(17)20-18(21)9-7-15-5-4-10-19-12-15/h6,8,11,13,15,19H,4-5,7,9-10,12H2,1-3H3. The van der Waals surface area contributed by atoms with Gasteiger partial charge >= 0.3 is 0 Å². The quantitative estimate of drug-likeness (QED) is 0.924. The van der Waals surface area contributed by atoms with Gasteiger partial charge in [-0.05, 0) is 76.7 Å². The van der Waals surface area contributed by atoms with Gasteiger partial charge in [0, 0.05) is 12.5 Å². The number of rotatable bonds is 4. The summed E-state index contributed by atoms with van der Waals surface area (Å²) < 4.78 is 2.42. The van der Waals surface area contributed by atoms with Crippen LogP contribution in [0.2, 0.25) is 0 Å². The summed E-state index contributed by atoms with van der Waals surface area (Å²) in [5.41, 5.74) is 3.73. The minimum absolute atomic E-state index is 0.470. The third kappa shape index (κ3) is 3.13. The van der Waals surface area contributed by atoms with Gasteiger partial charge in [-0.2, -0.15) is 0 Å². The predicted molar refractivity (Wildman–Crippen MR) is 88.8 cm³/mol. The van der Waals surface area contributed by atoms with Crippen molar-refractivity contribution < 1.29 is 0 Å². The van der Waals surface area contributed by atoms with Crippen molar-refractivity contribution in [1.29, 1.82) is 0 Å². The van der Waals surface area contributed by atoms with Crippen LogP contribution in [0.4, 0.5) is 0 Å². The number of aromatic nitrogens is 2. The van der Waals surface area contributed by atoms with E-state index in [2.05, 4.69) is 48.9 Å². The van der Waals surface area contributed by atoms with Gasteiger partial charge < -0.3 is 9.88 Å². The first-order chi connectivity index (χ1) is 10.1. The van der Waals surface area contributed by atoms with Gasteiger partial charge in [-0.1, -0.05) is 6.07 Å². The topological polar surface area (TPSA) is 29.9 Å². The molecular weight excluding hydrogens is 258 g/mol. The summed E-state index contributed by atoms with van der Waals surface area (Å²) in [6.45, 7) is 9.03. The number of benzene rings is 1. The molecule has 3 heteroatoms. The van der Waals surface area contributed by atoms with E-state index < -0.39 is 0 Å². The Balaban J connectivity index is 1.84. The third-order valence-electron chi connectivity index (χ3n) is 4.61. The van der Waals surface area contributed by atoms with Crippen LogP contribution in [0.5, 0.6) is 0 Å². The zero-order valence-electron chi connectivity index (χ0n) is 13.5. The molecule has 0 spiro atoms. The molecule has 1 aliphatic rings. The van der Waals surface area contributed by atoms with Crippen LogP contribution >= 0.6 is 0 Å². The normalized spacial score (nSPS) is 19.5. The number of imidazole rings is 1. The average Bonchev–Trinajstić information content (AvgIpc) is 2.83. The molecule has 1 aromatic heterocycles. The number of aryl methyl sites for hydroxylation is 2. The highest BCUT2D eigenvalue weighted by Crippen LogP contribution is 2.24. The van der Waals surface area contributed by atoms with Crippen LogP contribution in [0.15, 0.2) is 18.2 Å². The third-order valence-corrected chi connectivity index (χ3v) is 4.61. The lowest BCUT2D eigenvalue weighted by Gasteiger charge is -2.23. The molecule has 3 nitrogen and oxygen atoms in total. The van der Waals surface area contributed by atoms with Crippen LogP contribution in [-0.4, -0.2) is 22.6 Å². The monoisotopic (exact) mass is 285 g/mol. The largest absolute Gasteiger partial charge is 0.325 e. The number of hydrogen-bond donors (Lipinski definition) is 1. The Labute approximate surface area is 127 Å². The molecule has 1 N–H and O–H groups in total. The van der Waals surface area contributed by atoms with Crippen LogP contribution in [0.3, 0.4) is 0 Å². The summed E-state index contributed by atoms with van der Waals surface area (Å²) in [6, 6.07) is 7.10. The van der Waals surface area contributed by atoms with Gasteiger partial charge in [0.2, 0.25) is 0 Å². The zero-order valence-corrected chi connectivity index (χ0v) is 13.5. The van der Waals surface area contributed by atoms with Gasteiger partial charge in [0.25, 0.3) is 0 Å². The second kappa shape index (κ2) is 6.18. The lowest BCUT2D eigenvalue weighted by molar-refractivity contribution is 0.354. The molecule has 3 rings (SSSR count). The fourth-order valence-corrected chi connectivity index (χ4v) is 3.51. The summed E-state index contributed by atoms with van der Waals surface area (Å²) in [7, 11) is 0. The molecule has 1 unspecified atom stereocenters. The van der Waals surface area contributed by atoms with Gasteiger partial charge in [-0.25, -0.2) is 4.98 Å². The van der Waals surface area contributed by atoms with Gasteiger partial charge in [-0.15, -0.1) is 0 Å². The first-order valence-electron chi connectivity index (χ1n) is 8.33. The van der Waals surface area contributed by atoms with E-state index in [9.17, 15) is 0 Å². The van der Waals surface area contributed by atoms with Crippen molar-refractivity contribution in [2.45, 2.75) is 52.5 Å². The number of piperidine rings is 1. The summed E-state index contributed by atoms with van der Waals surface area (Å²) in [4.78, 5) is 4.92. The van der Waals surface area contributed by atoms with E-state index in [4.69, 9.17) is 4.98 Å². The van der Waals surface area contributed by atoms with Crippen molar-refractivity contribution in [3.63, 3.8) is 0 Å². The average molecular weight is 285 g/mol. The van der Waals surface area contributed by atoms with Crippen LogP contribution in [0.1, 0.15) is 50.5 Å². The highest BCUT2D eigenvalue weighted by molar-refractivity contribution is 5.77. The minimum atomic E-state index is 0.470. The maximum absolute atomic E-state index is 4.92. The van der Waals surface area contributed by atoms with Crippen molar-refractivity contribution in [3.05, 3.63) is 29.6 Å². The Kier molecular flexibility index (Phi) is 4.29. The Hall–Kier alpha value is -1.35. The second-order valence-electron chi connectivity index (χ2n) is 6.74. The van der Waals surface area contributed by atoms with E-state index in [0.29, 0.717) is 6.04 Å². The van der Waals surface area contributed by atoms with E-state index in [-0.39, 0.29) is 0 Å². The summed E-state index contributed by atoms with van der Waals surface area (Å²) >= 11 is 0. The van der Waals surface area contributed by atoms with Crippen molar-refractivity contribution >= 4 is 11.0 Å². The first kappa shape index (κ1) is 14.6. The number of fused-ring (bicyclic) bond motifs is 1. The van der Waals surface area contributed by atoms with Gasteiger partial charge in [0.1, 0.15) is 5.82 Å². The molecule has 1 atom stereocenters. The summed E-state index contributed by atoms with van der Waals surface area (Å²) in [5, 5.41) is 3.52. The van der Waals surface area contributed by atoms with Gasteiger partial charge in [0.05, 0.1) is 11.0 Å². The van der Waals surface area contributed by atoms with Crippen molar-refractivity contribution in [1.82, 2.24) is 14.9 Å². The van der Waals surface area contributed by atoms with E-state index >= 15 is 0 Å². The van der Waals surface area contributed by atoms with Crippen molar-refractivity contribution in [2.24, 2.45) is 5.92 Å². The second-order valence-corrected chi connectivity index (χ2v) is 6.74. The van der Waals surface area contributed by atoms with E-state index in [1.165, 1.54) is 49.3 Å². The molecule has 0 bridgehead atoms. The minimum Gasteiger partial charge on any atom is -0.325 e. The Morgan fingerprint density at radius 1 is 1.38 bits per heavy atom. The Bertz CT molecular complexity index is 606. The SMILES string of the molecule is Cc1ccc2c(c1)nc(CCC1CCCNC1)n2C(C)C. The summed E-state index contributed by atoms with van der Waals surface area (Å²) in [5.74, 6) is 2.08. The van der Waals surface area contributed by atoms with Crippen molar-refractivity contribution in [3.8, 4) is 0 Å². The molecule has 0 saturated carbocycles. The molecule has 2 aromatic rings. The first-order valence-corrected chi connectivity index (χ1v) is 8.33. The Morgan fingerprint density at radius 3 is 2.95 bits per heavy atom. The molecule has 21 heavy (non-hydrogen) atoms. The van der Waals surface area contributed by atoms with E-state index in [1.54, 1.807) is 0 Å². The van der Waals surface area contributed by atoms with Crippen LogP contribution in [0, 0.1) is 12.8 Å². The molecule has 1 fully saturated rings. The fourth-order valence-electron chi connectivity index (χ4n) is 3.51. The molecule has 1 saturated heterocycles. The number of nitrogens with one attached hydrogen (secondary N) is 1. The van der Waals surface area contributed by atoms with E-state index in [1.807, 2.05) is 0 Å². The molecule has 0 amide bonds. The fraction of sp³-hybridized carbons (Fsp3) is 0.611. The number of nitrogens with zero attached hydrogens (tertiary/aromatic N) is 2. The lowest BCUT2D eigenvalue weighted by Crippen LogP contribution is -2.30. The smallest absolute Gasteiger partial charge is 0.110 e. The van der Waals surface area contributed by atoms with Crippen molar-refractivity contribution in [2.75, 3.05) is 13.1 Å². The number of hydrogen-bond acceptors (Lipinski definition) is 2. The highest BCUT2D eigenvalue weighted by atomic mass is 15.1. The van der Waals surface area contributed by atoms with E-state index in [0.717, 1.165) is 17.9 Å². The predicted octanol–water partition coefficient (Wildman–Crippen LogP) is 3.86. The zero-order chi connectivity index (χ0) is 14.8. The Morgan fingerprint density at radius 2 is 2.24 bits per heavy atom. The van der Waals surface area contributed by atoms with Crippen LogP contribution < -0.4 is 5.32 Å². The molecule has 0 aliphatic carbocycles.